The molecule has 8 heteroatoms. The molecule has 2 aromatic carbocycles. The summed E-state index contributed by atoms with van der Waals surface area (Å²) in [6.45, 7) is 5.58. The third kappa shape index (κ3) is 4.35. The van der Waals surface area contributed by atoms with Crippen LogP contribution in [0.15, 0.2) is 57.9 Å². The minimum absolute atomic E-state index is 0.0644. The molecule has 0 bridgehead atoms. The Bertz CT molecular complexity index is 1090. The highest BCUT2D eigenvalue weighted by Gasteiger charge is 2.16. The Morgan fingerprint density at radius 1 is 0.963 bits per heavy atom. The van der Waals surface area contributed by atoms with Crippen LogP contribution in [0.25, 0.3) is 0 Å². The molecule has 0 spiro atoms. The standard InChI is InChI=1S/C19H19N3O4S/c1-12-4-7-16(10-13(12)2)22-27(24,25)17-8-5-15(6-9-17)19(23)20-18-11-14(3)26-21-18/h4-11,22H,1-3H3,(H,20,21,23). The molecule has 7 nitrogen and oxygen atoms in total. The monoisotopic (exact) mass is 385 g/mol. The number of amides is 1. The fourth-order valence-electron chi connectivity index (χ4n) is 2.42. The van der Waals surface area contributed by atoms with Gasteiger partial charge in [-0.25, -0.2) is 8.42 Å². The Morgan fingerprint density at radius 3 is 2.26 bits per heavy atom. The summed E-state index contributed by atoms with van der Waals surface area (Å²) in [7, 11) is -3.75. The average molecular weight is 385 g/mol. The number of nitrogens with one attached hydrogen (secondary N) is 2. The van der Waals surface area contributed by atoms with E-state index in [0.717, 1.165) is 11.1 Å². The summed E-state index contributed by atoms with van der Waals surface area (Å²) in [6.07, 6.45) is 0. The van der Waals surface area contributed by atoms with Crippen molar-refractivity contribution in [1.82, 2.24) is 5.16 Å². The van der Waals surface area contributed by atoms with E-state index < -0.39 is 15.9 Å². The summed E-state index contributed by atoms with van der Waals surface area (Å²) in [4.78, 5) is 12.3. The van der Waals surface area contributed by atoms with Gasteiger partial charge in [-0.3, -0.25) is 9.52 Å². The number of hydrogen-bond acceptors (Lipinski definition) is 5. The minimum atomic E-state index is -3.75. The van der Waals surface area contributed by atoms with Crippen LogP contribution in [0.3, 0.4) is 0 Å². The zero-order valence-corrected chi connectivity index (χ0v) is 15.9. The number of rotatable bonds is 5. The normalized spacial score (nSPS) is 11.2. The van der Waals surface area contributed by atoms with Gasteiger partial charge in [-0.1, -0.05) is 11.2 Å². The van der Waals surface area contributed by atoms with Crippen LogP contribution in [0.2, 0.25) is 0 Å². The van der Waals surface area contributed by atoms with Crippen molar-refractivity contribution in [3.63, 3.8) is 0 Å². The van der Waals surface area contributed by atoms with Crippen molar-refractivity contribution in [2.24, 2.45) is 0 Å². The van der Waals surface area contributed by atoms with Crippen molar-refractivity contribution in [3.8, 4) is 0 Å². The molecule has 140 valence electrons. The molecule has 0 aliphatic heterocycles. The molecule has 0 unspecified atom stereocenters. The van der Waals surface area contributed by atoms with E-state index in [9.17, 15) is 13.2 Å². The lowest BCUT2D eigenvalue weighted by atomic mass is 10.1. The van der Waals surface area contributed by atoms with Gasteiger partial charge in [-0.2, -0.15) is 0 Å². The van der Waals surface area contributed by atoms with Crippen molar-refractivity contribution >= 4 is 27.4 Å². The molecule has 0 aliphatic carbocycles. The number of nitrogens with zero attached hydrogens (tertiary/aromatic N) is 1. The summed E-state index contributed by atoms with van der Waals surface area (Å²) in [6, 6.07) is 12.6. The van der Waals surface area contributed by atoms with Gasteiger partial charge in [0.1, 0.15) is 5.76 Å². The van der Waals surface area contributed by atoms with Crippen LogP contribution in [0.1, 0.15) is 27.2 Å². The molecule has 3 rings (SSSR count). The maximum atomic E-state index is 12.5. The first-order valence-corrected chi connectivity index (χ1v) is 9.68. The van der Waals surface area contributed by atoms with Crippen molar-refractivity contribution in [3.05, 3.63) is 71.0 Å². The first-order valence-electron chi connectivity index (χ1n) is 8.19. The zero-order valence-electron chi connectivity index (χ0n) is 15.1. The van der Waals surface area contributed by atoms with Gasteiger partial charge >= 0.3 is 0 Å². The van der Waals surface area contributed by atoms with Crippen LogP contribution in [0, 0.1) is 20.8 Å². The number of benzene rings is 2. The Hall–Kier alpha value is -3.13. The molecule has 0 radical (unpaired) electrons. The van der Waals surface area contributed by atoms with Gasteiger partial charge < -0.3 is 9.84 Å². The van der Waals surface area contributed by atoms with E-state index in [1.807, 2.05) is 19.9 Å². The quantitative estimate of drug-likeness (QED) is 0.698. The highest BCUT2D eigenvalue weighted by atomic mass is 32.2. The molecule has 27 heavy (non-hydrogen) atoms. The Balaban J connectivity index is 1.75. The number of aromatic nitrogens is 1. The topological polar surface area (TPSA) is 101 Å². The molecular weight excluding hydrogens is 366 g/mol. The van der Waals surface area contributed by atoms with Crippen LogP contribution in [-0.4, -0.2) is 19.5 Å². The SMILES string of the molecule is Cc1cc(NC(=O)c2ccc(S(=O)(=O)Nc3ccc(C)c(C)c3)cc2)no1. The third-order valence-electron chi connectivity index (χ3n) is 4.06. The van der Waals surface area contributed by atoms with Gasteiger partial charge in [0.25, 0.3) is 15.9 Å². The highest BCUT2D eigenvalue weighted by molar-refractivity contribution is 7.92. The van der Waals surface area contributed by atoms with Crippen LogP contribution < -0.4 is 10.0 Å². The summed E-state index contributed by atoms with van der Waals surface area (Å²) in [5, 5.41) is 6.27. The molecule has 1 amide bonds. The Morgan fingerprint density at radius 2 is 1.67 bits per heavy atom. The van der Waals surface area contributed by atoms with Crippen LogP contribution in [-0.2, 0) is 10.0 Å². The number of carbonyl (C=O) groups is 1. The minimum Gasteiger partial charge on any atom is -0.360 e. The van der Waals surface area contributed by atoms with Gasteiger partial charge in [0, 0.05) is 17.3 Å². The van der Waals surface area contributed by atoms with Gasteiger partial charge in [0.05, 0.1) is 4.90 Å². The second kappa shape index (κ2) is 7.24. The van der Waals surface area contributed by atoms with E-state index >= 15 is 0 Å². The molecule has 2 N–H and O–H groups in total. The van der Waals surface area contributed by atoms with E-state index in [1.165, 1.54) is 24.3 Å². The largest absolute Gasteiger partial charge is 0.360 e. The van der Waals surface area contributed by atoms with Gasteiger partial charge in [-0.05, 0) is 68.3 Å². The third-order valence-corrected chi connectivity index (χ3v) is 5.45. The van der Waals surface area contributed by atoms with Gasteiger partial charge in [0.15, 0.2) is 5.82 Å². The Kier molecular flexibility index (Phi) is 5.00. The molecular formula is C19H19N3O4S. The second-order valence-electron chi connectivity index (χ2n) is 6.21. The van der Waals surface area contributed by atoms with E-state index in [-0.39, 0.29) is 4.90 Å². The van der Waals surface area contributed by atoms with E-state index in [0.29, 0.717) is 22.8 Å². The van der Waals surface area contributed by atoms with Crippen LogP contribution >= 0.6 is 0 Å². The lowest BCUT2D eigenvalue weighted by Crippen LogP contribution is -2.15. The number of sulfonamides is 1. The summed E-state index contributed by atoms with van der Waals surface area (Å²) < 4.78 is 32.5. The fraction of sp³-hybridized carbons (Fsp3) is 0.158. The molecule has 0 atom stereocenters. The highest BCUT2D eigenvalue weighted by Crippen LogP contribution is 2.20. The molecule has 1 aromatic heterocycles. The predicted octanol–water partition coefficient (Wildman–Crippen LogP) is 3.65. The lowest BCUT2D eigenvalue weighted by Gasteiger charge is -2.10. The molecule has 3 aromatic rings. The van der Waals surface area contributed by atoms with E-state index in [1.54, 1.807) is 25.1 Å². The van der Waals surface area contributed by atoms with Gasteiger partial charge in [0.2, 0.25) is 0 Å². The summed E-state index contributed by atoms with van der Waals surface area (Å²) >= 11 is 0. The lowest BCUT2D eigenvalue weighted by molar-refractivity contribution is 0.102. The van der Waals surface area contributed by atoms with E-state index in [2.05, 4.69) is 15.2 Å². The number of hydrogen-bond donors (Lipinski definition) is 2. The molecule has 0 fully saturated rings. The number of anilines is 2. The van der Waals surface area contributed by atoms with Crippen molar-refractivity contribution in [2.45, 2.75) is 25.7 Å². The van der Waals surface area contributed by atoms with Crippen molar-refractivity contribution in [2.75, 3.05) is 10.0 Å². The van der Waals surface area contributed by atoms with Gasteiger partial charge in [-0.15, -0.1) is 0 Å². The van der Waals surface area contributed by atoms with Crippen molar-refractivity contribution < 1.29 is 17.7 Å². The maximum Gasteiger partial charge on any atom is 0.261 e. The van der Waals surface area contributed by atoms with Crippen molar-refractivity contribution in [1.29, 1.82) is 0 Å². The molecule has 1 heterocycles. The predicted molar refractivity (Wildman–Crippen MR) is 102 cm³/mol. The average Bonchev–Trinajstić information content (AvgIpc) is 3.03. The Labute approximate surface area is 157 Å². The fourth-order valence-corrected chi connectivity index (χ4v) is 3.47. The zero-order chi connectivity index (χ0) is 19.6. The first kappa shape index (κ1) is 18.7. The van der Waals surface area contributed by atoms with E-state index in [4.69, 9.17) is 4.52 Å². The number of carbonyl (C=O) groups excluding carboxylic acids is 1. The smallest absolute Gasteiger partial charge is 0.261 e. The second-order valence-corrected chi connectivity index (χ2v) is 7.89. The summed E-state index contributed by atoms with van der Waals surface area (Å²) in [5.41, 5.74) is 2.86. The molecule has 0 aliphatic rings. The maximum absolute atomic E-state index is 12.5. The first-order chi connectivity index (χ1) is 12.7. The van der Waals surface area contributed by atoms with Crippen LogP contribution in [0.5, 0.6) is 0 Å². The molecule has 0 saturated carbocycles. The van der Waals surface area contributed by atoms with Crippen LogP contribution in [0.4, 0.5) is 11.5 Å². The summed E-state index contributed by atoms with van der Waals surface area (Å²) in [5.74, 6) is 0.462. The number of aryl methyl sites for hydroxylation is 3. The molecule has 0 saturated heterocycles.